The first kappa shape index (κ1) is 13.7. The Hall–Kier alpha value is -1.75. The van der Waals surface area contributed by atoms with E-state index in [4.69, 9.17) is 0 Å². The molecule has 0 saturated carbocycles. The van der Waals surface area contributed by atoms with Crippen molar-refractivity contribution >= 4 is 0 Å². The van der Waals surface area contributed by atoms with Crippen LogP contribution in [0.1, 0.15) is 32.8 Å². The molecule has 19 heavy (non-hydrogen) atoms. The number of aryl methyl sites for hydroxylation is 1. The molecule has 0 unspecified atom stereocenters. The number of hydrogen-bond acceptors (Lipinski definition) is 4. The van der Waals surface area contributed by atoms with E-state index in [-0.39, 0.29) is 0 Å². The molecule has 102 valence electrons. The summed E-state index contributed by atoms with van der Waals surface area (Å²) in [6, 6.07) is 2.61. The highest BCUT2D eigenvalue weighted by molar-refractivity contribution is 5.57. The van der Waals surface area contributed by atoms with E-state index in [1.54, 1.807) is 6.20 Å². The van der Waals surface area contributed by atoms with Crippen LogP contribution in [0.5, 0.6) is 0 Å². The normalized spacial score (nSPS) is 11.2. The molecule has 2 aromatic rings. The first-order chi connectivity index (χ1) is 9.20. The van der Waals surface area contributed by atoms with Crippen LogP contribution in [0.2, 0.25) is 0 Å². The number of pyridine rings is 1. The van der Waals surface area contributed by atoms with E-state index in [0.717, 1.165) is 30.8 Å². The Kier molecular flexibility index (Phi) is 4.63. The zero-order valence-corrected chi connectivity index (χ0v) is 11.8. The van der Waals surface area contributed by atoms with Gasteiger partial charge in [-0.25, -0.2) is 4.68 Å². The van der Waals surface area contributed by atoms with Crippen molar-refractivity contribution in [1.29, 1.82) is 0 Å². The standard InChI is InChI=1S/C14H21N5/c1-4-5-19-14(10-17-18-19)13-6-12(7-15-9-13)8-16-11(2)3/h6-7,9-11,16H,4-5,8H2,1-3H3. The van der Waals surface area contributed by atoms with Gasteiger partial charge in [-0.2, -0.15) is 0 Å². The molecule has 0 amide bonds. The molecule has 0 atom stereocenters. The Balaban J connectivity index is 2.20. The van der Waals surface area contributed by atoms with E-state index in [2.05, 4.69) is 47.5 Å². The molecule has 5 nitrogen and oxygen atoms in total. The molecular weight excluding hydrogens is 238 g/mol. The Bertz CT molecular complexity index is 518. The molecule has 0 spiro atoms. The van der Waals surface area contributed by atoms with Gasteiger partial charge in [0.2, 0.25) is 0 Å². The second kappa shape index (κ2) is 6.43. The predicted octanol–water partition coefficient (Wildman–Crippen LogP) is 2.25. The van der Waals surface area contributed by atoms with Crippen LogP contribution in [0, 0.1) is 0 Å². The smallest absolute Gasteiger partial charge is 0.0901 e. The monoisotopic (exact) mass is 259 g/mol. The third-order valence-corrected chi connectivity index (χ3v) is 2.86. The van der Waals surface area contributed by atoms with Crippen LogP contribution < -0.4 is 5.32 Å². The van der Waals surface area contributed by atoms with Gasteiger partial charge in [-0.15, -0.1) is 5.10 Å². The molecule has 2 heterocycles. The minimum atomic E-state index is 0.468. The number of rotatable bonds is 6. The minimum absolute atomic E-state index is 0.468. The van der Waals surface area contributed by atoms with Crippen LogP contribution in [0.4, 0.5) is 0 Å². The van der Waals surface area contributed by atoms with Crippen molar-refractivity contribution in [2.24, 2.45) is 0 Å². The summed E-state index contributed by atoms with van der Waals surface area (Å²) < 4.78 is 1.93. The van der Waals surface area contributed by atoms with Crippen molar-refractivity contribution in [2.45, 2.75) is 46.3 Å². The molecule has 0 aliphatic heterocycles. The van der Waals surface area contributed by atoms with Crippen molar-refractivity contribution in [3.05, 3.63) is 30.2 Å². The van der Waals surface area contributed by atoms with E-state index in [1.807, 2.05) is 17.1 Å². The number of aromatic nitrogens is 4. The maximum atomic E-state index is 4.31. The third-order valence-electron chi connectivity index (χ3n) is 2.86. The van der Waals surface area contributed by atoms with Crippen LogP contribution in [-0.4, -0.2) is 26.0 Å². The van der Waals surface area contributed by atoms with Gasteiger partial charge in [0, 0.05) is 37.1 Å². The Morgan fingerprint density at radius 2 is 2.11 bits per heavy atom. The topological polar surface area (TPSA) is 55.6 Å². The number of hydrogen-bond donors (Lipinski definition) is 1. The van der Waals surface area contributed by atoms with Crippen LogP contribution in [-0.2, 0) is 13.1 Å². The van der Waals surface area contributed by atoms with E-state index >= 15 is 0 Å². The zero-order valence-electron chi connectivity index (χ0n) is 11.8. The largest absolute Gasteiger partial charge is 0.310 e. The summed E-state index contributed by atoms with van der Waals surface area (Å²) in [6.07, 6.45) is 6.60. The fourth-order valence-electron chi connectivity index (χ4n) is 1.90. The van der Waals surface area contributed by atoms with Crippen molar-refractivity contribution in [2.75, 3.05) is 0 Å². The SMILES string of the molecule is CCCn1nncc1-c1cncc(CNC(C)C)c1. The zero-order chi connectivity index (χ0) is 13.7. The molecular formula is C14H21N5. The third kappa shape index (κ3) is 3.61. The molecule has 0 fully saturated rings. The van der Waals surface area contributed by atoms with Gasteiger partial charge >= 0.3 is 0 Å². The van der Waals surface area contributed by atoms with Crippen LogP contribution in [0.15, 0.2) is 24.7 Å². The lowest BCUT2D eigenvalue weighted by Crippen LogP contribution is -2.21. The molecule has 0 aliphatic carbocycles. The van der Waals surface area contributed by atoms with E-state index < -0.39 is 0 Å². The van der Waals surface area contributed by atoms with Crippen molar-refractivity contribution in [3.8, 4) is 11.3 Å². The molecule has 2 rings (SSSR count). The average Bonchev–Trinajstić information content (AvgIpc) is 2.85. The highest BCUT2D eigenvalue weighted by Crippen LogP contribution is 2.18. The summed E-state index contributed by atoms with van der Waals surface area (Å²) in [4.78, 5) is 4.31. The quantitative estimate of drug-likeness (QED) is 0.864. The van der Waals surface area contributed by atoms with Crippen LogP contribution >= 0.6 is 0 Å². The lowest BCUT2D eigenvalue weighted by Gasteiger charge is -2.09. The molecule has 0 aromatic carbocycles. The van der Waals surface area contributed by atoms with Gasteiger partial charge in [0.25, 0.3) is 0 Å². The maximum absolute atomic E-state index is 4.31. The molecule has 0 aliphatic rings. The summed E-state index contributed by atoms with van der Waals surface area (Å²) in [5, 5.41) is 11.5. The molecule has 2 aromatic heterocycles. The van der Waals surface area contributed by atoms with Crippen LogP contribution in [0.25, 0.3) is 11.3 Å². The summed E-state index contributed by atoms with van der Waals surface area (Å²) >= 11 is 0. The van der Waals surface area contributed by atoms with Crippen molar-refractivity contribution in [1.82, 2.24) is 25.3 Å². The van der Waals surface area contributed by atoms with Crippen LogP contribution in [0.3, 0.4) is 0 Å². The molecule has 0 bridgehead atoms. The summed E-state index contributed by atoms with van der Waals surface area (Å²) in [6.45, 7) is 8.11. The first-order valence-corrected chi connectivity index (χ1v) is 6.77. The second-order valence-corrected chi connectivity index (χ2v) is 4.96. The van der Waals surface area contributed by atoms with Crippen molar-refractivity contribution in [3.63, 3.8) is 0 Å². The van der Waals surface area contributed by atoms with Gasteiger partial charge in [-0.1, -0.05) is 26.0 Å². The van der Waals surface area contributed by atoms with Gasteiger partial charge in [0.1, 0.15) is 0 Å². The van der Waals surface area contributed by atoms with Gasteiger partial charge in [-0.3, -0.25) is 4.98 Å². The van der Waals surface area contributed by atoms with Gasteiger partial charge in [0.05, 0.1) is 11.9 Å². The van der Waals surface area contributed by atoms with Gasteiger partial charge < -0.3 is 5.32 Å². The molecule has 0 saturated heterocycles. The Morgan fingerprint density at radius 1 is 1.26 bits per heavy atom. The summed E-state index contributed by atoms with van der Waals surface area (Å²) in [5.41, 5.74) is 3.28. The summed E-state index contributed by atoms with van der Waals surface area (Å²) in [7, 11) is 0. The summed E-state index contributed by atoms with van der Waals surface area (Å²) in [5.74, 6) is 0. The average molecular weight is 259 g/mol. The first-order valence-electron chi connectivity index (χ1n) is 6.77. The van der Waals surface area contributed by atoms with E-state index in [0.29, 0.717) is 6.04 Å². The van der Waals surface area contributed by atoms with E-state index in [1.165, 1.54) is 5.56 Å². The number of nitrogens with zero attached hydrogens (tertiary/aromatic N) is 4. The minimum Gasteiger partial charge on any atom is -0.310 e. The lowest BCUT2D eigenvalue weighted by atomic mass is 10.1. The number of nitrogens with one attached hydrogen (secondary N) is 1. The van der Waals surface area contributed by atoms with Gasteiger partial charge in [-0.05, 0) is 18.1 Å². The maximum Gasteiger partial charge on any atom is 0.0901 e. The van der Waals surface area contributed by atoms with E-state index in [9.17, 15) is 0 Å². The molecule has 5 heteroatoms. The van der Waals surface area contributed by atoms with Crippen molar-refractivity contribution < 1.29 is 0 Å². The highest BCUT2D eigenvalue weighted by atomic mass is 15.4. The fourth-order valence-corrected chi connectivity index (χ4v) is 1.90. The highest BCUT2D eigenvalue weighted by Gasteiger charge is 2.07. The Labute approximate surface area is 114 Å². The molecule has 0 radical (unpaired) electrons. The Morgan fingerprint density at radius 3 is 2.84 bits per heavy atom. The predicted molar refractivity (Wildman–Crippen MR) is 75.5 cm³/mol. The molecule has 1 N–H and O–H groups in total. The van der Waals surface area contributed by atoms with Gasteiger partial charge in [0.15, 0.2) is 0 Å². The lowest BCUT2D eigenvalue weighted by molar-refractivity contribution is 0.582. The second-order valence-electron chi connectivity index (χ2n) is 4.96. The fraction of sp³-hybridized carbons (Fsp3) is 0.500.